The molecule has 7 nitrogen and oxygen atoms in total. The molecule has 29 heavy (non-hydrogen) atoms. The Kier molecular flexibility index (Phi) is 5.70. The number of pyridine rings is 1. The maximum absolute atomic E-state index is 14.7. The highest BCUT2D eigenvalue weighted by Crippen LogP contribution is 2.34. The number of rotatable bonds is 2. The zero-order valence-corrected chi connectivity index (χ0v) is 17.3. The molecule has 3 rings (SSSR count). The number of carbonyl (C=O) groups is 1. The van der Waals surface area contributed by atoms with Crippen molar-refractivity contribution in [2.45, 2.75) is 44.8 Å². The number of amides is 1. The van der Waals surface area contributed by atoms with Gasteiger partial charge in [0.05, 0.1) is 18.0 Å². The van der Waals surface area contributed by atoms with Crippen LogP contribution in [0, 0.1) is 5.82 Å². The van der Waals surface area contributed by atoms with Gasteiger partial charge in [-0.15, -0.1) is 0 Å². The fraction of sp³-hybridized carbons (Fsp3) is 0.529. The van der Waals surface area contributed by atoms with Gasteiger partial charge in [0.15, 0.2) is 11.0 Å². The van der Waals surface area contributed by atoms with Crippen molar-refractivity contribution < 1.29 is 22.7 Å². The first-order valence-electron chi connectivity index (χ1n) is 8.67. The Morgan fingerprint density at radius 3 is 2.66 bits per heavy atom. The number of anilines is 1. The van der Waals surface area contributed by atoms with Crippen LogP contribution in [0.5, 0.6) is 0 Å². The summed E-state index contributed by atoms with van der Waals surface area (Å²) in [6.45, 7) is 4.23. The first kappa shape index (κ1) is 21.6. The molecule has 0 radical (unpaired) electrons. The Balaban J connectivity index is 1.85. The quantitative estimate of drug-likeness (QED) is 0.544. The second kappa shape index (κ2) is 7.64. The molecule has 1 aliphatic heterocycles. The van der Waals surface area contributed by atoms with E-state index in [9.17, 15) is 18.0 Å². The summed E-state index contributed by atoms with van der Waals surface area (Å²) in [5.74, 6) is -4.21. The van der Waals surface area contributed by atoms with Gasteiger partial charge in [0.1, 0.15) is 16.9 Å². The van der Waals surface area contributed by atoms with Crippen molar-refractivity contribution in [3.05, 3.63) is 22.5 Å². The summed E-state index contributed by atoms with van der Waals surface area (Å²) in [4.78, 5) is 24.6. The first-order valence-corrected chi connectivity index (χ1v) is 9.42. The van der Waals surface area contributed by atoms with Gasteiger partial charge in [-0.1, -0.05) is 11.6 Å². The largest absolute Gasteiger partial charge is 0.444 e. The fourth-order valence-electron chi connectivity index (χ4n) is 2.98. The predicted molar refractivity (Wildman–Crippen MR) is 102 cm³/mol. The molecule has 2 aromatic heterocycles. The number of nitrogens with zero attached hydrogens (tertiary/aromatic N) is 4. The van der Waals surface area contributed by atoms with Gasteiger partial charge in [-0.25, -0.2) is 27.9 Å². The summed E-state index contributed by atoms with van der Waals surface area (Å²) < 4.78 is 48.8. The van der Waals surface area contributed by atoms with Gasteiger partial charge in [-0.05, 0) is 38.8 Å². The molecule has 1 aliphatic rings. The van der Waals surface area contributed by atoms with Crippen LogP contribution in [0.2, 0.25) is 10.4 Å². The third-order valence-corrected chi connectivity index (χ3v) is 4.62. The lowest BCUT2D eigenvalue weighted by Gasteiger charge is -2.39. The van der Waals surface area contributed by atoms with Crippen LogP contribution >= 0.6 is 23.2 Å². The van der Waals surface area contributed by atoms with E-state index in [1.807, 2.05) is 0 Å². The molecule has 1 fully saturated rings. The summed E-state index contributed by atoms with van der Waals surface area (Å²) in [5, 5.41) is 1.59. The number of alkyl carbamates (subject to hydrolysis) is 1. The smallest absolute Gasteiger partial charge is 0.408 e. The van der Waals surface area contributed by atoms with Crippen LogP contribution in [0.3, 0.4) is 0 Å². The lowest BCUT2D eigenvalue weighted by molar-refractivity contribution is -0.0459. The molecule has 1 amide bonds. The van der Waals surface area contributed by atoms with E-state index >= 15 is 0 Å². The maximum Gasteiger partial charge on any atom is 0.408 e. The highest BCUT2D eigenvalue weighted by molar-refractivity contribution is 6.30. The molecule has 0 saturated carbocycles. The van der Waals surface area contributed by atoms with Crippen LogP contribution in [0.4, 0.5) is 23.8 Å². The van der Waals surface area contributed by atoms with Crippen molar-refractivity contribution in [3.8, 4) is 0 Å². The van der Waals surface area contributed by atoms with Gasteiger partial charge in [0, 0.05) is 12.7 Å². The topological polar surface area (TPSA) is 80.2 Å². The van der Waals surface area contributed by atoms with Gasteiger partial charge >= 0.3 is 6.09 Å². The molecule has 0 aliphatic carbocycles. The van der Waals surface area contributed by atoms with E-state index in [1.165, 1.54) is 11.1 Å². The number of piperidine rings is 1. The number of alkyl halides is 2. The Morgan fingerprint density at radius 2 is 2.03 bits per heavy atom. The lowest BCUT2D eigenvalue weighted by atomic mass is 10.0. The van der Waals surface area contributed by atoms with Crippen molar-refractivity contribution in [3.63, 3.8) is 0 Å². The summed E-state index contributed by atoms with van der Waals surface area (Å²) in [7, 11) is 0. The SMILES string of the molecule is CC(C)(C)OC(=O)NC1CCN(c2nc(Cl)nc3c(F)c(Cl)ncc23)CC1(F)F. The molecule has 0 aromatic carbocycles. The van der Waals surface area contributed by atoms with Gasteiger partial charge in [0.2, 0.25) is 5.28 Å². The van der Waals surface area contributed by atoms with Gasteiger partial charge in [0.25, 0.3) is 5.92 Å². The molecular formula is C17H18Cl2F3N5O2. The molecule has 158 valence electrons. The van der Waals surface area contributed by atoms with Crippen LogP contribution in [-0.2, 0) is 4.74 Å². The van der Waals surface area contributed by atoms with Crippen LogP contribution < -0.4 is 10.2 Å². The second-order valence-electron chi connectivity index (χ2n) is 7.61. The lowest BCUT2D eigenvalue weighted by Crippen LogP contribution is -2.59. The van der Waals surface area contributed by atoms with Crippen molar-refractivity contribution in [2.75, 3.05) is 18.0 Å². The van der Waals surface area contributed by atoms with E-state index in [0.717, 1.165) is 0 Å². The minimum atomic E-state index is -3.31. The number of halogens is 5. The zero-order chi connectivity index (χ0) is 21.6. The third-order valence-electron chi connectivity index (χ3n) is 4.18. The van der Waals surface area contributed by atoms with Crippen molar-refractivity contribution in [1.29, 1.82) is 0 Å². The molecule has 1 atom stereocenters. The molecule has 3 heterocycles. The third kappa shape index (κ3) is 4.75. The number of nitrogens with one attached hydrogen (secondary N) is 1. The summed E-state index contributed by atoms with van der Waals surface area (Å²) in [6.07, 6.45) is 0.182. The maximum atomic E-state index is 14.7. The molecule has 1 unspecified atom stereocenters. The Hall–Kier alpha value is -2.07. The number of ether oxygens (including phenoxy) is 1. The van der Waals surface area contributed by atoms with Gasteiger partial charge in [-0.2, -0.15) is 4.98 Å². The Labute approximate surface area is 174 Å². The minimum absolute atomic E-state index is 0.0125. The highest BCUT2D eigenvalue weighted by atomic mass is 35.5. The van der Waals surface area contributed by atoms with E-state index in [2.05, 4.69) is 20.3 Å². The van der Waals surface area contributed by atoms with E-state index in [0.29, 0.717) is 0 Å². The van der Waals surface area contributed by atoms with E-state index in [1.54, 1.807) is 20.8 Å². The van der Waals surface area contributed by atoms with Gasteiger partial charge in [-0.3, -0.25) is 0 Å². The monoisotopic (exact) mass is 451 g/mol. The highest BCUT2D eigenvalue weighted by Gasteiger charge is 2.46. The molecule has 1 saturated heterocycles. The number of fused-ring (bicyclic) bond motifs is 1. The number of aromatic nitrogens is 3. The minimum Gasteiger partial charge on any atom is -0.444 e. The number of carbonyl (C=O) groups excluding carboxylic acids is 1. The van der Waals surface area contributed by atoms with E-state index < -0.39 is 41.2 Å². The average molecular weight is 452 g/mol. The van der Waals surface area contributed by atoms with Crippen molar-refractivity contribution >= 4 is 46.0 Å². The van der Waals surface area contributed by atoms with E-state index in [-0.39, 0.29) is 35.0 Å². The second-order valence-corrected chi connectivity index (χ2v) is 8.31. The Morgan fingerprint density at radius 1 is 1.34 bits per heavy atom. The summed E-state index contributed by atoms with van der Waals surface area (Å²) in [6, 6.07) is -1.43. The number of hydrogen-bond donors (Lipinski definition) is 1. The normalized spacial score (nSPS) is 19.3. The fourth-order valence-corrected chi connectivity index (χ4v) is 3.28. The standard InChI is InChI=1S/C17H18Cl2F3N5O2/c1-16(2,3)29-15(28)24-9-4-5-27(7-17(9,21)22)13-8-6-23-12(18)10(20)11(8)25-14(19)26-13/h6,9H,4-5,7H2,1-3H3,(H,24,28). The van der Waals surface area contributed by atoms with Crippen LogP contribution in [0.1, 0.15) is 27.2 Å². The molecule has 0 spiro atoms. The molecule has 1 N–H and O–H groups in total. The Bertz CT molecular complexity index is 955. The molecule has 2 aromatic rings. The number of hydrogen-bond acceptors (Lipinski definition) is 6. The van der Waals surface area contributed by atoms with Crippen LogP contribution in [-0.4, -0.2) is 51.7 Å². The zero-order valence-electron chi connectivity index (χ0n) is 15.8. The molecule has 12 heteroatoms. The van der Waals surface area contributed by atoms with Gasteiger partial charge < -0.3 is 15.0 Å². The van der Waals surface area contributed by atoms with Crippen LogP contribution in [0.15, 0.2) is 6.20 Å². The van der Waals surface area contributed by atoms with Crippen molar-refractivity contribution in [1.82, 2.24) is 20.3 Å². The van der Waals surface area contributed by atoms with Crippen molar-refractivity contribution in [2.24, 2.45) is 0 Å². The van der Waals surface area contributed by atoms with Crippen LogP contribution in [0.25, 0.3) is 10.9 Å². The summed E-state index contributed by atoms with van der Waals surface area (Å²) in [5.41, 5.74) is -1.02. The van der Waals surface area contributed by atoms with E-state index in [4.69, 9.17) is 27.9 Å². The predicted octanol–water partition coefficient (Wildman–Crippen LogP) is 4.21. The molecular weight excluding hydrogens is 434 g/mol. The molecule has 0 bridgehead atoms. The average Bonchev–Trinajstić information content (AvgIpc) is 2.58. The first-order chi connectivity index (χ1) is 13.4. The summed E-state index contributed by atoms with van der Waals surface area (Å²) >= 11 is 11.5.